The van der Waals surface area contributed by atoms with Gasteiger partial charge in [0.1, 0.15) is 11.3 Å². The van der Waals surface area contributed by atoms with Gasteiger partial charge in [-0.25, -0.2) is 9.97 Å². The van der Waals surface area contributed by atoms with Crippen LogP contribution in [0.25, 0.3) is 11.5 Å². The van der Waals surface area contributed by atoms with Gasteiger partial charge in [-0.05, 0) is 24.6 Å². The van der Waals surface area contributed by atoms with Crippen molar-refractivity contribution in [3.8, 4) is 11.5 Å². The highest BCUT2D eigenvalue weighted by Gasteiger charge is 2.36. The quantitative estimate of drug-likeness (QED) is 0.771. The lowest BCUT2D eigenvalue weighted by Gasteiger charge is -2.24. The van der Waals surface area contributed by atoms with Gasteiger partial charge >= 0.3 is 6.18 Å². The second kappa shape index (κ2) is 5.83. The van der Waals surface area contributed by atoms with Crippen molar-refractivity contribution in [2.75, 3.05) is 18.4 Å². The molecule has 0 saturated carbocycles. The predicted molar refractivity (Wildman–Crippen MR) is 69.7 cm³/mol. The molecule has 1 atom stereocenters. The average Bonchev–Trinajstić information content (AvgIpc) is 3.01. The lowest BCUT2D eigenvalue weighted by atomic mass is 10.1. The molecule has 0 aliphatic carbocycles. The van der Waals surface area contributed by atoms with E-state index in [2.05, 4.69) is 41.2 Å². The molecule has 2 aromatic heterocycles. The molecule has 0 unspecified atom stereocenters. The molecule has 0 aromatic carbocycles. The van der Waals surface area contributed by atoms with Crippen LogP contribution in [0.3, 0.4) is 0 Å². The number of hydrogen-bond donors (Lipinski definition) is 3. The van der Waals surface area contributed by atoms with Crippen LogP contribution in [-0.4, -0.2) is 49.7 Å². The Balaban J connectivity index is 1.92. The van der Waals surface area contributed by atoms with Gasteiger partial charge in [0.25, 0.3) is 0 Å². The molecule has 0 bridgehead atoms. The summed E-state index contributed by atoms with van der Waals surface area (Å²) in [5, 5.41) is 18.8. The Morgan fingerprint density at radius 3 is 2.82 bits per heavy atom. The molecule has 118 valence electrons. The van der Waals surface area contributed by atoms with Crippen LogP contribution in [0.2, 0.25) is 0 Å². The second-order valence-corrected chi connectivity index (χ2v) is 4.88. The Labute approximate surface area is 122 Å². The van der Waals surface area contributed by atoms with E-state index < -0.39 is 17.4 Å². The minimum Gasteiger partial charge on any atom is -0.350 e. The van der Waals surface area contributed by atoms with E-state index in [4.69, 9.17) is 0 Å². The summed E-state index contributed by atoms with van der Waals surface area (Å²) in [5.74, 6) is -0.110. The van der Waals surface area contributed by atoms with E-state index in [1.807, 2.05) is 0 Å². The van der Waals surface area contributed by atoms with E-state index in [1.54, 1.807) is 0 Å². The molecule has 3 heterocycles. The summed E-state index contributed by atoms with van der Waals surface area (Å²) in [6, 6.07) is 0.0728. The van der Waals surface area contributed by atoms with Gasteiger partial charge in [-0.15, -0.1) is 10.2 Å². The van der Waals surface area contributed by atoms with Gasteiger partial charge in [-0.2, -0.15) is 18.4 Å². The maximum Gasteiger partial charge on any atom is 0.420 e. The molecule has 3 N–H and O–H groups in total. The second-order valence-electron chi connectivity index (χ2n) is 4.88. The van der Waals surface area contributed by atoms with Gasteiger partial charge in [0.15, 0.2) is 0 Å². The largest absolute Gasteiger partial charge is 0.420 e. The number of anilines is 1. The number of tetrazole rings is 1. The van der Waals surface area contributed by atoms with Crippen molar-refractivity contribution in [2.24, 2.45) is 0 Å². The third kappa shape index (κ3) is 3.13. The van der Waals surface area contributed by atoms with E-state index in [9.17, 15) is 13.2 Å². The fourth-order valence-electron chi connectivity index (χ4n) is 2.25. The predicted octanol–water partition coefficient (Wildman–Crippen LogP) is 0.839. The molecule has 0 radical (unpaired) electrons. The third-order valence-electron chi connectivity index (χ3n) is 3.28. The molecule has 0 spiro atoms. The van der Waals surface area contributed by atoms with Crippen LogP contribution in [0.1, 0.15) is 18.4 Å². The average molecular weight is 314 g/mol. The number of alkyl halides is 3. The smallest absolute Gasteiger partial charge is 0.350 e. The minimum absolute atomic E-state index is 0.0728. The Morgan fingerprint density at radius 1 is 1.32 bits per heavy atom. The highest BCUT2D eigenvalue weighted by atomic mass is 19.4. The highest BCUT2D eigenvalue weighted by molar-refractivity contribution is 5.56. The number of rotatable bonds is 3. The van der Waals surface area contributed by atoms with E-state index in [-0.39, 0.29) is 17.8 Å². The van der Waals surface area contributed by atoms with Crippen molar-refractivity contribution >= 4 is 5.95 Å². The number of H-pyrrole nitrogens is 1. The molecule has 1 aliphatic rings. The van der Waals surface area contributed by atoms with Crippen molar-refractivity contribution in [1.29, 1.82) is 0 Å². The van der Waals surface area contributed by atoms with Gasteiger partial charge in [0.05, 0.1) is 0 Å². The first-order valence-corrected chi connectivity index (χ1v) is 6.69. The fraction of sp³-hybridized carbons (Fsp3) is 0.545. The van der Waals surface area contributed by atoms with Crippen LogP contribution in [-0.2, 0) is 6.18 Å². The molecule has 1 aliphatic heterocycles. The van der Waals surface area contributed by atoms with Crippen molar-refractivity contribution in [1.82, 2.24) is 35.9 Å². The van der Waals surface area contributed by atoms with Gasteiger partial charge in [0.2, 0.25) is 11.8 Å². The maximum atomic E-state index is 13.0. The Kier molecular flexibility index (Phi) is 3.88. The zero-order valence-electron chi connectivity index (χ0n) is 11.4. The van der Waals surface area contributed by atoms with Gasteiger partial charge in [-0.3, -0.25) is 0 Å². The van der Waals surface area contributed by atoms with Crippen molar-refractivity contribution in [3.63, 3.8) is 0 Å². The first-order chi connectivity index (χ1) is 10.5. The Hall–Kier alpha value is -2.30. The molecule has 11 heteroatoms. The van der Waals surface area contributed by atoms with Gasteiger partial charge in [0, 0.05) is 18.8 Å². The molecular formula is C11H13F3N8. The number of aromatic amines is 1. The first kappa shape index (κ1) is 14.6. The van der Waals surface area contributed by atoms with Crippen molar-refractivity contribution < 1.29 is 13.2 Å². The summed E-state index contributed by atoms with van der Waals surface area (Å²) in [6.45, 7) is 1.64. The van der Waals surface area contributed by atoms with Crippen LogP contribution in [0.4, 0.5) is 19.1 Å². The Morgan fingerprint density at radius 2 is 2.18 bits per heavy atom. The van der Waals surface area contributed by atoms with Crippen LogP contribution >= 0.6 is 0 Å². The molecule has 22 heavy (non-hydrogen) atoms. The third-order valence-corrected chi connectivity index (χ3v) is 3.28. The summed E-state index contributed by atoms with van der Waals surface area (Å²) in [7, 11) is 0. The molecular weight excluding hydrogens is 301 g/mol. The SMILES string of the molecule is FC(F)(F)c1cnc(N[C@H]2CCCNC2)nc1-c1nn[nH]n1. The van der Waals surface area contributed by atoms with E-state index in [0.717, 1.165) is 25.6 Å². The molecule has 1 fully saturated rings. The molecule has 8 nitrogen and oxygen atoms in total. The van der Waals surface area contributed by atoms with E-state index >= 15 is 0 Å². The van der Waals surface area contributed by atoms with Crippen LogP contribution in [0.15, 0.2) is 6.20 Å². The lowest BCUT2D eigenvalue weighted by molar-refractivity contribution is -0.137. The number of aromatic nitrogens is 6. The van der Waals surface area contributed by atoms with Gasteiger partial charge in [-0.1, -0.05) is 0 Å². The van der Waals surface area contributed by atoms with Crippen LogP contribution in [0, 0.1) is 0 Å². The molecule has 2 aromatic rings. The van der Waals surface area contributed by atoms with Crippen LogP contribution in [0.5, 0.6) is 0 Å². The number of piperidine rings is 1. The summed E-state index contributed by atoms with van der Waals surface area (Å²) in [6.07, 6.45) is -1.98. The topological polar surface area (TPSA) is 104 Å². The zero-order chi connectivity index (χ0) is 15.6. The lowest BCUT2D eigenvalue weighted by Crippen LogP contribution is -2.38. The summed E-state index contributed by atoms with van der Waals surface area (Å²) in [4.78, 5) is 7.67. The van der Waals surface area contributed by atoms with E-state index in [0.29, 0.717) is 6.54 Å². The monoisotopic (exact) mass is 314 g/mol. The number of nitrogens with one attached hydrogen (secondary N) is 3. The molecule has 0 amide bonds. The molecule has 1 saturated heterocycles. The summed E-state index contributed by atoms with van der Waals surface area (Å²) in [5.41, 5.74) is -1.40. The maximum absolute atomic E-state index is 13.0. The Bertz CT molecular complexity index is 621. The number of halogens is 3. The standard InChI is InChI=1S/C11H13F3N8/c12-11(13,14)7-5-16-10(17-6-2-1-3-15-4-6)18-8(7)9-19-21-22-20-9/h5-6,15H,1-4H2,(H,16,17,18)(H,19,20,21,22)/t6-/m0/s1. The fourth-order valence-corrected chi connectivity index (χ4v) is 2.25. The summed E-state index contributed by atoms with van der Waals surface area (Å²) < 4.78 is 39.1. The van der Waals surface area contributed by atoms with Gasteiger partial charge < -0.3 is 10.6 Å². The number of hydrogen-bond acceptors (Lipinski definition) is 7. The number of nitrogens with zero attached hydrogens (tertiary/aromatic N) is 5. The van der Waals surface area contributed by atoms with Crippen molar-refractivity contribution in [3.05, 3.63) is 11.8 Å². The zero-order valence-corrected chi connectivity index (χ0v) is 11.4. The van der Waals surface area contributed by atoms with Crippen molar-refractivity contribution in [2.45, 2.75) is 25.1 Å². The first-order valence-electron chi connectivity index (χ1n) is 6.69. The van der Waals surface area contributed by atoms with E-state index in [1.165, 1.54) is 0 Å². The minimum atomic E-state index is -4.60. The highest BCUT2D eigenvalue weighted by Crippen LogP contribution is 2.34. The molecule has 3 rings (SSSR count). The summed E-state index contributed by atoms with van der Waals surface area (Å²) >= 11 is 0. The normalized spacial score (nSPS) is 19.1. The van der Waals surface area contributed by atoms with Crippen LogP contribution < -0.4 is 10.6 Å².